The van der Waals surface area contributed by atoms with E-state index in [1.807, 2.05) is 61.5 Å². The summed E-state index contributed by atoms with van der Waals surface area (Å²) in [6, 6.07) is 19.5. The number of carbonyl (C=O) groups is 3. The molecule has 3 aromatic carbocycles. The quantitative estimate of drug-likeness (QED) is 0.143. The second-order valence-corrected chi connectivity index (χ2v) is 9.59. The van der Waals surface area contributed by atoms with E-state index >= 15 is 0 Å². The lowest BCUT2D eigenvalue weighted by Gasteiger charge is -2.23. The largest absolute Gasteiger partial charge is 0.352 e. The third-order valence-electron chi connectivity index (χ3n) is 6.63. The van der Waals surface area contributed by atoms with Gasteiger partial charge in [0.1, 0.15) is 11.9 Å². The molecule has 0 aliphatic heterocycles. The molecule has 1 aromatic heterocycles. The summed E-state index contributed by atoms with van der Waals surface area (Å²) in [6.07, 6.45) is 4.27. The maximum atomic E-state index is 13.4. The van der Waals surface area contributed by atoms with Gasteiger partial charge in [0.2, 0.25) is 5.91 Å². The van der Waals surface area contributed by atoms with Crippen LogP contribution >= 0.6 is 0 Å². The molecular weight excluding hydrogens is 506 g/mol. The van der Waals surface area contributed by atoms with Gasteiger partial charge in [0.05, 0.1) is 12.6 Å². The number of nitrogens with two attached hydrogens (primary N) is 1. The topological polar surface area (TPSA) is 154 Å². The molecule has 1 unspecified atom stereocenters. The molecule has 0 radical (unpaired) electrons. The van der Waals surface area contributed by atoms with Gasteiger partial charge in [-0.25, -0.2) is 9.78 Å². The summed E-state index contributed by atoms with van der Waals surface area (Å²) < 4.78 is 0. The standard InChI is InChI=1S/C30H35N7O3/c1-20(24-9-4-7-22-6-2-3-8-25(22)24)36-29(39)26(10-5-15-35-30(31)40)37-28(38)23-13-11-21(12-14-23)18-32-19-27-33-16-17-34-27/h2-4,6-9,11-14,16-17,20,26,32H,5,10,15,18-19H2,1H3,(H,33,34)(H,36,39)(H,37,38)(H3,31,35,40)/t20?,26-/m0/s1. The Balaban J connectivity index is 1.39. The number of urea groups is 1. The van der Waals surface area contributed by atoms with E-state index in [1.54, 1.807) is 24.5 Å². The summed E-state index contributed by atoms with van der Waals surface area (Å²) in [4.78, 5) is 44.8. The first-order valence-electron chi connectivity index (χ1n) is 13.3. The number of H-pyrrole nitrogens is 1. The Labute approximate surface area is 233 Å². The monoisotopic (exact) mass is 541 g/mol. The van der Waals surface area contributed by atoms with Crippen molar-refractivity contribution in [2.45, 2.75) is 44.9 Å². The molecule has 0 spiro atoms. The van der Waals surface area contributed by atoms with Crippen LogP contribution in [-0.4, -0.2) is 40.4 Å². The highest BCUT2D eigenvalue weighted by Gasteiger charge is 2.23. The SMILES string of the molecule is CC(NC(=O)[C@H](CCCNC(N)=O)NC(=O)c1ccc(CNCc2ncc[nH]2)cc1)c1cccc2ccccc12. The van der Waals surface area contributed by atoms with Crippen LogP contribution in [0, 0.1) is 0 Å². The van der Waals surface area contributed by atoms with E-state index in [0.717, 1.165) is 27.7 Å². The van der Waals surface area contributed by atoms with Crippen molar-refractivity contribution < 1.29 is 14.4 Å². The highest BCUT2D eigenvalue weighted by Crippen LogP contribution is 2.24. The van der Waals surface area contributed by atoms with Crippen LogP contribution in [0.1, 0.15) is 53.1 Å². The molecule has 0 aliphatic rings. The van der Waals surface area contributed by atoms with Crippen molar-refractivity contribution >= 4 is 28.6 Å². The molecule has 7 N–H and O–H groups in total. The number of amides is 4. The van der Waals surface area contributed by atoms with Crippen LogP contribution in [0.15, 0.2) is 79.1 Å². The van der Waals surface area contributed by atoms with E-state index in [-0.39, 0.29) is 17.9 Å². The highest BCUT2D eigenvalue weighted by atomic mass is 16.2. The van der Waals surface area contributed by atoms with Crippen molar-refractivity contribution in [2.75, 3.05) is 6.54 Å². The third-order valence-corrected chi connectivity index (χ3v) is 6.63. The van der Waals surface area contributed by atoms with Crippen molar-refractivity contribution in [1.29, 1.82) is 0 Å². The minimum absolute atomic E-state index is 0.283. The normalized spacial score (nSPS) is 12.4. The average Bonchev–Trinajstić information content (AvgIpc) is 3.48. The number of hydrogen-bond donors (Lipinski definition) is 6. The number of primary amides is 1. The predicted octanol–water partition coefficient (Wildman–Crippen LogP) is 3.28. The Morgan fingerprint density at radius 1 is 0.950 bits per heavy atom. The summed E-state index contributed by atoms with van der Waals surface area (Å²) in [7, 11) is 0. The molecule has 0 saturated heterocycles. The predicted molar refractivity (Wildman–Crippen MR) is 154 cm³/mol. The van der Waals surface area contributed by atoms with Crippen LogP contribution in [0.25, 0.3) is 10.8 Å². The number of fused-ring (bicyclic) bond motifs is 1. The molecule has 0 bridgehead atoms. The summed E-state index contributed by atoms with van der Waals surface area (Å²) in [6.45, 7) is 3.44. The number of rotatable bonds is 13. The lowest BCUT2D eigenvalue weighted by molar-refractivity contribution is -0.123. The number of aromatic amines is 1. The maximum absolute atomic E-state index is 13.4. The van der Waals surface area contributed by atoms with Gasteiger partial charge in [-0.3, -0.25) is 9.59 Å². The lowest BCUT2D eigenvalue weighted by Crippen LogP contribution is -2.47. The molecule has 10 nitrogen and oxygen atoms in total. The molecule has 40 heavy (non-hydrogen) atoms. The van der Waals surface area contributed by atoms with Gasteiger partial charge >= 0.3 is 6.03 Å². The van der Waals surface area contributed by atoms with Crippen LogP contribution < -0.4 is 27.0 Å². The first kappa shape index (κ1) is 28.3. The number of hydrogen-bond acceptors (Lipinski definition) is 5. The lowest BCUT2D eigenvalue weighted by atomic mass is 9.99. The van der Waals surface area contributed by atoms with Gasteiger partial charge in [-0.2, -0.15) is 0 Å². The molecule has 10 heteroatoms. The zero-order valence-electron chi connectivity index (χ0n) is 22.4. The second-order valence-electron chi connectivity index (χ2n) is 9.59. The molecule has 0 saturated carbocycles. The number of nitrogens with one attached hydrogen (secondary N) is 5. The Bertz CT molecular complexity index is 1420. The zero-order valence-corrected chi connectivity index (χ0v) is 22.4. The molecule has 4 amide bonds. The fourth-order valence-corrected chi connectivity index (χ4v) is 4.54. The Hall–Kier alpha value is -4.70. The minimum atomic E-state index is -0.797. The smallest absolute Gasteiger partial charge is 0.312 e. The molecular formula is C30H35N7O3. The van der Waals surface area contributed by atoms with E-state index < -0.39 is 12.1 Å². The van der Waals surface area contributed by atoms with Crippen molar-refractivity contribution in [3.8, 4) is 0 Å². The fraction of sp³-hybridized carbons (Fsp3) is 0.267. The van der Waals surface area contributed by atoms with Crippen LogP contribution in [0.2, 0.25) is 0 Å². The zero-order chi connectivity index (χ0) is 28.3. The number of aromatic nitrogens is 2. The summed E-state index contributed by atoms with van der Waals surface area (Å²) >= 11 is 0. The first-order valence-corrected chi connectivity index (χ1v) is 13.3. The van der Waals surface area contributed by atoms with Gasteiger partial charge in [-0.1, -0.05) is 54.6 Å². The molecule has 4 aromatic rings. The molecule has 4 rings (SSSR count). The van der Waals surface area contributed by atoms with E-state index in [0.29, 0.717) is 38.0 Å². The van der Waals surface area contributed by atoms with Gasteiger partial charge in [0.25, 0.3) is 5.91 Å². The Morgan fingerprint density at radius 3 is 2.48 bits per heavy atom. The van der Waals surface area contributed by atoms with Crippen LogP contribution in [0.4, 0.5) is 4.79 Å². The second kappa shape index (κ2) is 13.9. The maximum Gasteiger partial charge on any atom is 0.312 e. The molecule has 208 valence electrons. The van der Waals surface area contributed by atoms with Crippen molar-refractivity contribution in [3.63, 3.8) is 0 Å². The van der Waals surface area contributed by atoms with Gasteiger partial charge in [0, 0.05) is 31.0 Å². The van der Waals surface area contributed by atoms with Crippen molar-refractivity contribution in [3.05, 3.63) is 102 Å². The van der Waals surface area contributed by atoms with E-state index in [4.69, 9.17) is 5.73 Å². The van der Waals surface area contributed by atoms with Crippen molar-refractivity contribution in [2.24, 2.45) is 5.73 Å². The Kier molecular flexibility index (Phi) is 9.84. The van der Waals surface area contributed by atoms with Gasteiger partial charge < -0.3 is 32.0 Å². The number of benzene rings is 3. The summed E-state index contributed by atoms with van der Waals surface area (Å²) in [5, 5.41) is 13.9. The number of carbonyl (C=O) groups excluding carboxylic acids is 3. The summed E-state index contributed by atoms with van der Waals surface area (Å²) in [5.74, 6) is 0.198. The van der Waals surface area contributed by atoms with Gasteiger partial charge in [-0.15, -0.1) is 0 Å². The Morgan fingerprint density at radius 2 is 1.73 bits per heavy atom. The van der Waals surface area contributed by atoms with E-state index in [9.17, 15) is 14.4 Å². The number of imidazole rings is 1. The average molecular weight is 542 g/mol. The van der Waals surface area contributed by atoms with E-state index in [1.165, 1.54) is 0 Å². The summed E-state index contributed by atoms with van der Waals surface area (Å²) in [5.41, 5.74) is 7.61. The molecule has 0 aliphatic carbocycles. The highest BCUT2D eigenvalue weighted by molar-refractivity contribution is 5.97. The first-order chi connectivity index (χ1) is 19.4. The molecule has 0 fully saturated rings. The van der Waals surface area contributed by atoms with Gasteiger partial charge in [0.15, 0.2) is 0 Å². The number of nitrogens with zero attached hydrogens (tertiary/aromatic N) is 1. The molecule has 1 heterocycles. The third kappa shape index (κ3) is 7.90. The minimum Gasteiger partial charge on any atom is -0.352 e. The van der Waals surface area contributed by atoms with Crippen LogP contribution in [0.5, 0.6) is 0 Å². The van der Waals surface area contributed by atoms with E-state index in [2.05, 4.69) is 31.2 Å². The van der Waals surface area contributed by atoms with Crippen LogP contribution in [-0.2, 0) is 17.9 Å². The van der Waals surface area contributed by atoms with Gasteiger partial charge in [-0.05, 0) is 53.8 Å². The van der Waals surface area contributed by atoms with Crippen molar-refractivity contribution in [1.82, 2.24) is 31.2 Å². The molecule has 2 atom stereocenters. The fourth-order valence-electron chi connectivity index (χ4n) is 4.54. The van der Waals surface area contributed by atoms with Crippen LogP contribution in [0.3, 0.4) is 0 Å².